The van der Waals surface area contributed by atoms with Crippen LogP contribution in [0.5, 0.6) is 28.7 Å². The molecule has 18 aromatic rings. The molecule has 0 radical (unpaired) electrons. The van der Waals surface area contributed by atoms with Crippen molar-refractivity contribution in [3.63, 3.8) is 0 Å². The van der Waals surface area contributed by atoms with Gasteiger partial charge in [0.2, 0.25) is 0 Å². The number of nitro groups is 1. The van der Waals surface area contributed by atoms with Crippen molar-refractivity contribution in [1.29, 1.82) is 0 Å². The molecule has 0 spiro atoms. The molecule has 2 saturated heterocycles. The van der Waals surface area contributed by atoms with Crippen LogP contribution in [-0.2, 0) is 75.6 Å². The number of rotatable bonds is 25. The van der Waals surface area contributed by atoms with E-state index in [-0.39, 0.29) is 29.4 Å². The van der Waals surface area contributed by atoms with Gasteiger partial charge in [0, 0.05) is 147 Å². The number of methoxy groups -OCH3 is 4. The van der Waals surface area contributed by atoms with Crippen molar-refractivity contribution in [2.45, 2.75) is 50.0 Å². The zero-order valence-electron chi connectivity index (χ0n) is 68.0. The van der Waals surface area contributed by atoms with Gasteiger partial charge in [-0.15, -0.1) is 0 Å². The first-order valence-electron chi connectivity index (χ1n) is 40.0. The monoisotopic (exact) mass is 1720 g/mol. The molecular weight excluding hydrogens is 1630 g/mol. The number of aromatic hydroxyl groups is 2. The normalized spacial score (nSPS) is 13.3. The maximum absolute atomic E-state index is 11.6. The summed E-state index contributed by atoms with van der Waals surface area (Å²) in [6, 6.07) is 96.4. The molecule has 2 unspecified atom stereocenters. The molecule has 626 valence electrons. The molecule has 0 saturated carbocycles. The summed E-state index contributed by atoms with van der Waals surface area (Å²) in [6.07, 6.45) is 0.0700. The number of aromatic amines is 2. The second-order valence-corrected chi connectivity index (χ2v) is 31.0. The van der Waals surface area contributed by atoms with E-state index in [1.54, 1.807) is 40.6 Å². The number of fused-ring (bicyclic) bond motifs is 15. The summed E-state index contributed by atoms with van der Waals surface area (Å²) < 4.78 is 83.4. The van der Waals surface area contributed by atoms with Gasteiger partial charge in [0.25, 0.3) is 15.8 Å². The van der Waals surface area contributed by atoms with E-state index in [2.05, 4.69) is 172 Å². The first kappa shape index (κ1) is 85.8. The van der Waals surface area contributed by atoms with Gasteiger partial charge in [-0.05, 0) is 108 Å². The van der Waals surface area contributed by atoms with Crippen LogP contribution in [0.25, 0.3) is 109 Å². The Kier molecular flexibility index (Phi) is 29.3. The molecule has 20 rings (SSSR count). The summed E-state index contributed by atoms with van der Waals surface area (Å²) in [5.74, 6) is 3.45. The van der Waals surface area contributed by atoms with E-state index >= 15 is 0 Å². The molecule has 2 fully saturated rings. The number of hydrogen-bond donors (Lipinski definition) is 4. The third kappa shape index (κ3) is 20.9. The van der Waals surface area contributed by atoms with Crippen molar-refractivity contribution in [2.24, 2.45) is 0 Å². The van der Waals surface area contributed by atoms with Crippen LogP contribution in [0.3, 0.4) is 0 Å². The lowest BCUT2D eigenvalue weighted by Gasteiger charge is -2.09. The van der Waals surface area contributed by atoms with Crippen LogP contribution in [0.15, 0.2) is 302 Å². The molecule has 4 N–H and O–H groups in total. The summed E-state index contributed by atoms with van der Waals surface area (Å²) in [5, 5.41) is 42.4. The minimum atomic E-state index is -3.96. The maximum Gasteiger partial charge on any atom is 0.297 e. The number of phenolic OH excluding ortho intramolecular Hbond substituents is 2. The van der Waals surface area contributed by atoms with Crippen molar-refractivity contribution >= 4 is 141 Å². The first-order valence-corrected chi connectivity index (χ1v) is 42.5. The molecule has 122 heavy (non-hydrogen) atoms. The molecule has 0 aliphatic carbocycles. The lowest BCUT2D eigenvalue weighted by atomic mass is 10.1. The van der Waals surface area contributed by atoms with Gasteiger partial charge < -0.3 is 76.5 Å². The molecule has 2 aliphatic heterocycles. The number of phenols is 2. The second-order valence-electron chi connectivity index (χ2n) is 28.6. The summed E-state index contributed by atoms with van der Waals surface area (Å²) in [7, 11) is 2.90. The van der Waals surface area contributed by atoms with E-state index in [0.29, 0.717) is 57.7 Å². The Balaban J connectivity index is 0.000000119. The lowest BCUT2D eigenvalue weighted by Crippen LogP contribution is -2.11. The highest BCUT2D eigenvalue weighted by Crippen LogP contribution is 2.40. The van der Waals surface area contributed by atoms with E-state index in [9.17, 15) is 28.7 Å². The smallest absolute Gasteiger partial charge is 0.297 e. The summed E-state index contributed by atoms with van der Waals surface area (Å²) in [6.45, 7) is 8.26. The number of nitro benzene ring substituents is 1. The first-order chi connectivity index (χ1) is 59.8. The molecule has 2 aliphatic rings. The predicted octanol–water partition coefficient (Wildman–Crippen LogP) is 21.0. The Hall–Kier alpha value is -12.6. The van der Waals surface area contributed by atoms with Gasteiger partial charge in [-0.1, -0.05) is 204 Å². The number of nitrogens with one attached hydrogen (secondary N) is 2. The third-order valence-corrected chi connectivity index (χ3v) is 22.2. The minimum Gasteiger partial charge on any atom is -0.507 e. The van der Waals surface area contributed by atoms with Crippen molar-refractivity contribution in [3.05, 3.63) is 318 Å². The van der Waals surface area contributed by atoms with Crippen molar-refractivity contribution in [2.75, 3.05) is 86.6 Å². The van der Waals surface area contributed by atoms with Crippen molar-refractivity contribution < 1.29 is 70.4 Å². The number of para-hydroxylation sites is 5. The number of benzene rings is 13. The highest BCUT2D eigenvalue weighted by Gasteiger charge is 2.28. The van der Waals surface area contributed by atoms with E-state index in [1.165, 1.54) is 78.3 Å². The van der Waals surface area contributed by atoms with Crippen molar-refractivity contribution in [3.8, 4) is 28.7 Å². The standard InChI is InChI=1S/C22H21NO2.C19H15NO.C18H19NO3.C15H15NO2.C12H9NO.C9H9NO6S.C3H7BrO/c1-24-15-14-23-19-11-6-5-10-18(19)22-20(23)12-7-13-21(22)25-16-17-8-3-2-4-9-17;1-2-7-14(8-3-1)13-21-18-12-6-11-17-19(18)15-9-4-5-10-16(15)20-17;1-20-10-9-19-15-6-3-2-5-14(15)18-16(19)7-4-8-17(18)22-12-13-11-21-13;1-18-10-9-16-12-6-3-2-5-11(12)15-13(16)7-4-8-14(15)17;14-11-7-3-6-10-12(11)8-4-1-2-5-9(8)13-10;11-10(12)7-2-1-3-9(4-7)17(13,14)16-6-8-5-15-8;1-5-3-2-4/h2-13H,14-16H2,1H3;1-12,20H,13H2;2-8,13H,9-12H2,1H3;2-8,17H,9-10H2,1H3;1-7,13-14H;1-4,8H,5-6H2;2-3H2,1H3. The zero-order chi connectivity index (χ0) is 84.7. The summed E-state index contributed by atoms with van der Waals surface area (Å²) in [4.78, 5) is 16.3. The van der Waals surface area contributed by atoms with Gasteiger partial charge in [0.1, 0.15) is 65.7 Å². The molecule has 0 bridgehead atoms. The maximum atomic E-state index is 11.6. The Labute approximate surface area is 714 Å². The Morgan fingerprint density at radius 3 is 1.23 bits per heavy atom. The lowest BCUT2D eigenvalue weighted by molar-refractivity contribution is -0.385. The van der Waals surface area contributed by atoms with Gasteiger partial charge in [0.15, 0.2) is 0 Å². The van der Waals surface area contributed by atoms with Crippen LogP contribution >= 0.6 is 15.9 Å². The number of halogens is 1. The number of nitrogens with zero attached hydrogens (tertiary/aromatic N) is 4. The van der Waals surface area contributed by atoms with Crippen LogP contribution in [0, 0.1) is 10.1 Å². The SMILES string of the molecule is COCCBr.COCCn1c2ccccc2c2c(O)cccc21.COCCn1c2ccccc2c2c(OCC3CO3)cccc21.COCCn1c2ccccc2c2c(OCc3ccccc3)cccc21.O=[N+]([O-])c1cccc(S(=O)(=O)OCC2CO2)c1.Oc1cccc2[nH]c3ccccc3c12.c1ccc(COc2cccc3[nH]c4ccccc4c23)cc1. The molecule has 0 amide bonds. The molecule has 24 heteroatoms. The van der Waals surface area contributed by atoms with Crippen molar-refractivity contribution in [1.82, 2.24) is 23.7 Å². The van der Waals surface area contributed by atoms with Crippen LogP contribution in [0.2, 0.25) is 0 Å². The number of aromatic nitrogens is 5. The Morgan fingerprint density at radius 1 is 0.402 bits per heavy atom. The predicted molar refractivity (Wildman–Crippen MR) is 487 cm³/mol. The average Bonchev–Trinajstić information content (AvgIpc) is 1.62. The molecule has 13 aromatic carbocycles. The fourth-order valence-corrected chi connectivity index (χ4v) is 15.9. The van der Waals surface area contributed by atoms with E-state index in [4.69, 9.17) is 42.1 Å². The molecule has 5 aromatic heterocycles. The molecule has 22 nitrogen and oxygen atoms in total. The minimum absolute atomic E-state index is 0.0645. The number of ether oxygens (including phenoxy) is 9. The fourth-order valence-electron chi connectivity index (χ4n) is 14.6. The highest BCUT2D eigenvalue weighted by molar-refractivity contribution is 9.09. The van der Waals surface area contributed by atoms with Crippen LogP contribution < -0.4 is 14.2 Å². The number of alkyl halides is 1. The quantitative estimate of drug-likeness (QED) is 0.0136. The van der Waals surface area contributed by atoms with Gasteiger partial charge in [-0.25, -0.2) is 0 Å². The van der Waals surface area contributed by atoms with Crippen LogP contribution in [0.4, 0.5) is 5.69 Å². The van der Waals surface area contributed by atoms with Crippen LogP contribution in [-0.4, -0.2) is 146 Å². The number of H-pyrrole nitrogens is 2. The molecular formula is C98H95BrN6O16S. The number of non-ortho nitro benzene ring substituents is 1. The van der Waals surface area contributed by atoms with Crippen LogP contribution in [0.1, 0.15) is 11.1 Å². The van der Waals surface area contributed by atoms with Gasteiger partial charge in [0.05, 0.1) is 78.8 Å². The van der Waals surface area contributed by atoms with Gasteiger partial charge in [-0.3, -0.25) is 14.3 Å². The van der Waals surface area contributed by atoms with Gasteiger partial charge in [-0.2, -0.15) is 8.42 Å². The largest absolute Gasteiger partial charge is 0.507 e. The molecule has 7 heterocycles. The number of hydrogen-bond acceptors (Lipinski definition) is 16. The summed E-state index contributed by atoms with van der Waals surface area (Å²) in [5.41, 5.74) is 13.3. The Bertz CT molecular complexity index is 6640. The topological polar surface area (TPSA) is 263 Å². The fraction of sp³-hybridized carbons (Fsp3) is 0.204. The Morgan fingerprint density at radius 2 is 0.762 bits per heavy atom. The average molecular weight is 1720 g/mol. The molecule has 2 atom stereocenters. The highest BCUT2D eigenvalue weighted by atomic mass is 79.9. The van der Waals surface area contributed by atoms with Gasteiger partial charge >= 0.3 is 0 Å². The second kappa shape index (κ2) is 41.6. The summed E-state index contributed by atoms with van der Waals surface area (Å²) >= 11 is 3.18. The van der Waals surface area contributed by atoms with E-state index in [0.717, 1.165) is 122 Å². The van der Waals surface area contributed by atoms with E-state index < -0.39 is 15.0 Å². The van der Waals surface area contributed by atoms with E-state index in [1.807, 2.05) is 133 Å². The third-order valence-electron chi connectivity index (χ3n) is 20.6. The zero-order valence-corrected chi connectivity index (χ0v) is 70.4. The number of epoxide rings is 2.